The van der Waals surface area contributed by atoms with Crippen molar-refractivity contribution in [2.24, 2.45) is 5.92 Å². The molecule has 0 radical (unpaired) electrons. The number of nitrogens with zero attached hydrogens (tertiary/aromatic N) is 1. The fraction of sp³-hybridized carbons (Fsp3) is 0.125. The first kappa shape index (κ1) is 27.6. The van der Waals surface area contributed by atoms with Crippen molar-refractivity contribution >= 4 is 78.9 Å². The number of thiazole rings is 1. The first-order valence-electron chi connectivity index (χ1n) is 13.4. The molecule has 2 aliphatic rings. The van der Waals surface area contributed by atoms with Gasteiger partial charge in [0.15, 0.2) is 6.61 Å². The average Bonchev–Trinajstić information content (AvgIpc) is 3.51. The number of rotatable bonds is 6. The fourth-order valence-electron chi connectivity index (χ4n) is 5.66. The molecule has 4 aromatic carbocycles. The number of amides is 3. The molecule has 11 heteroatoms. The van der Waals surface area contributed by atoms with E-state index in [1.54, 1.807) is 36.4 Å². The van der Waals surface area contributed by atoms with Gasteiger partial charge in [-0.05, 0) is 53.4 Å². The Morgan fingerprint density at radius 2 is 1.65 bits per heavy atom. The van der Waals surface area contributed by atoms with Crippen LogP contribution in [0.1, 0.15) is 16.4 Å². The van der Waals surface area contributed by atoms with Crippen LogP contribution < -0.4 is 19.8 Å². The third-order valence-corrected chi connectivity index (χ3v) is 10.5. The van der Waals surface area contributed by atoms with Gasteiger partial charge in [-0.1, -0.05) is 87.6 Å². The van der Waals surface area contributed by atoms with Gasteiger partial charge >= 0.3 is 4.87 Å². The van der Waals surface area contributed by atoms with E-state index in [-0.39, 0.29) is 29.2 Å². The predicted octanol–water partition coefficient (Wildman–Crippen LogP) is 6.17. The fourth-order valence-corrected chi connectivity index (χ4v) is 8.44. The lowest BCUT2D eigenvalue weighted by molar-refractivity contribution is -0.122. The van der Waals surface area contributed by atoms with Crippen molar-refractivity contribution in [3.63, 3.8) is 0 Å². The molecule has 0 saturated carbocycles. The van der Waals surface area contributed by atoms with Crippen LogP contribution in [0.15, 0.2) is 105 Å². The second-order valence-corrected chi connectivity index (χ2v) is 13.3. The molecule has 2 aliphatic heterocycles. The number of H-pyrrole nitrogens is 1. The summed E-state index contributed by atoms with van der Waals surface area (Å²) in [7, 11) is 0. The molecule has 1 saturated heterocycles. The number of hydrogen-bond donors (Lipinski definition) is 2. The Morgan fingerprint density at radius 1 is 0.907 bits per heavy atom. The Labute approximate surface area is 262 Å². The van der Waals surface area contributed by atoms with E-state index in [1.165, 1.54) is 16.7 Å². The van der Waals surface area contributed by atoms with Crippen LogP contribution in [0.5, 0.6) is 5.75 Å². The summed E-state index contributed by atoms with van der Waals surface area (Å²) in [6.07, 6.45) is 0. The van der Waals surface area contributed by atoms with E-state index in [9.17, 15) is 19.2 Å². The molecule has 3 amide bonds. The normalized spacial score (nSPS) is 19.3. The second kappa shape index (κ2) is 11.1. The molecule has 0 bridgehead atoms. The summed E-state index contributed by atoms with van der Waals surface area (Å²) in [5, 5.41) is 4.82. The van der Waals surface area contributed by atoms with Crippen molar-refractivity contribution in [2.45, 2.75) is 16.2 Å². The van der Waals surface area contributed by atoms with Gasteiger partial charge in [-0.3, -0.25) is 19.2 Å². The Kier molecular flexibility index (Phi) is 7.16. The quantitative estimate of drug-likeness (QED) is 0.209. The highest BCUT2D eigenvalue weighted by atomic mass is 79.9. The number of carbonyl (C=O) groups excluding carboxylic acids is 3. The van der Waals surface area contributed by atoms with Gasteiger partial charge in [0.25, 0.3) is 5.91 Å². The number of anilines is 2. The molecule has 1 aromatic heterocycles. The summed E-state index contributed by atoms with van der Waals surface area (Å²) in [5.74, 6) is -1.60. The van der Waals surface area contributed by atoms with Gasteiger partial charge in [-0.15, -0.1) is 0 Å². The lowest BCUT2D eigenvalue weighted by atomic mass is 9.83. The standard InChI is InChI=1S/C32H22BrN3O5S2/c33-19-10-12-20(13-11-19)36-30(38)26-25(27-29(35-32(40)43-27)42-28(26)31(36)39)18-8-14-21(15-9-18)41-16-24(37)34-23-7-3-5-17-4-1-2-6-22(17)23/h1-15,25-26,28H,16H2,(H,34,37)(H,35,40)/t25-,26-,28+/m0/s1. The van der Waals surface area contributed by atoms with Crippen LogP contribution in [-0.4, -0.2) is 34.6 Å². The molecule has 43 heavy (non-hydrogen) atoms. The average molecular weight is 673 g/mol. The Hall–Kier alpha value is -4.19. The van der Waals surface area contributed by atoms with E-state index < -0.39 is 17.1 Å². The number of imide groups is 1. The third-order valence-electron chi connectivity index (χ3n) is 7.58. The zero-order chi connectivity index (χ0) is 29.7. The van der Waals surface area contributed by atoms with Gasteiger partial charge in [0, 0.05) is 26.3 Å². The lowest BCUT2D eigenvalue weighted by Crippen LogP contribution is -2.32. The molecule has 3 heterocycles. The summed E-state index contributed by atoms with van der Waals surface area (Å²) in [5.41, 5.74) is 1.99. The Bertz CT molecular complexity index is 1950. The van der Waals surface area contributed by atoms with Crippen LogP contribution >= 0.6 is 39.0 Å². The third kappa shape index (κ3) is 5.07. The zero-order valence-corrected chi connectivity index (χ0v) is 25.5. The van der Waals surface area contributed by atoms with Gasteiger partial charge in [0.05, 0.1) is 16.6 Å². The maximum absolute atomic E-state index is 13.8. The van der Waals surface area contributed by atoms with Gasteiger partial charge < -0.3 is 15.0 Å². The van der Waals surface area contributed by atoms with E-state index in [1.807, 2.05) is 54.6 Å². The molecule has 2 N–H and O–H groups in total. The summed E-state index contributed by atoms with van der Waals surface area (Å²) in [6.45, 7) is -0.188. The van der Waals surface area contributed by atoms with E-state index in [4.69, 9.17) is 4.74 Å². The van der Waals surface area contributed by atoms with Crippen molar-refractivity contribution < 1.29 is 19.1 Å². The highest BCUT2D eigenvalue weighted by Gasteiger charge is 2.56. The van der Waals surface area contributed by atoms with E-state index in [2.05, 4.69) is 26.2 Å². The molecule has 0 aliphatic carbocycles. The maximum atomic E-state index is 13.8. The van der Waals surface area contributed by atoms with Crippen LogP contribution in [0.25, 0.3) is 10.8 Å². The van der Waals surface area contributed by atoms with Gasteiger partial charge in [0.2, 0.25) is 11.8 Å². The minimum Gasteiger partial charge on any atom is -0.484 e. The topological polar surface area (TPSA) is 109 Å². The van der Waals surface area contributed by atoms with E-state index in [0.29, 0.717) is 22.2 Å². The van der Waals surface area contributed by atoms with E-state index in [0.717, 1.165) is 37.0 Å². The van der Waals surface area contributed by atoms with Crippen LogP contribution in [0.2, 0.25) is 0 Å². The summed E-state index contributed by atoms with van der Waals surface area (Å²) < 4.78 is 6.62. The van der Waals surface area contributed by atoms with Crippen LogP contribution in [-0.2, 0) is 14.4 Å². The number of fused-ring (bicyclic) bond motifs is 3. The molecule has 214 valence electrons. The number of thioether (sulfide) groups is 1. The molecule has 5 aromatic rings. The van der Waals surface area contributed by atoms with Crippen molar-refractivity contribution in [3.05, 3.63) is 116 Å². The molecular formula is C32H22BrN3O5S2. The molecule has 3 atom stereocenters. The number of benzene rings is 4. The first-order chi connectivity index (χ1) is 20.9. The number of halogens is 1. The van der Waals surface area contributed by atoms with Gasteiger partial charge in [-0.2, -0.15) is 0 Å². The highest BCUT2D eigenvalue weighted by Crippen LogP contribution is 2.53. The van der Waals surface area contributed by atoms with Gasteiger partial charge in [-0.25, -0.2) is 4.90 Å². The van der Waals surface area contributed by atoms with Crippen LogP contribution in [0.3, 0.4) is 0 Å². The smallest absolute Gasteiger partial charge is 0.305 e. The van der Waals surface area contributed by atoms with Crippen LogP contribution in [0.4, 0.5) is 11.4 Å². The number of aromatic amines is 1. The first-order valence-corrected chi connectivity index (χ1v) is 15.9. The monoisotopic (exact) mass is 671 g/mol. The second-order valence-electron chi connectivity index (χ2n) is 10.2. The SMILES string of the molecule is O=C(COc1ccc([C@@H]2c3sc(=O)[nH]c3S[C@H]3C(=O)N(c4ccc(Br)cc4)C(=O)[C@@H]23)cc1)Nc1cccc2ccccc12. The van der Waals surface area contributed by atoms with Crippen molar-refractivity contribution in [2.75, 3.05) is 16.8 Å². The molecule has 1 fully saturated rings. The number of hydrogen-bond acceptors (Lipinski definition) is 7. The maximum Gasteiger partial charge on any atom is 0.305 e. The minimum atomic E-state index is -0.682. The highest BCUT2D eigenvalue weighted by molar-refractivity contribution is 9.10. The summed E-state index contributed by atoms with van der Waals surface area (Å²) >= 11 is 5.70. The van der Waals surface area contributed by atoms with Crippen molar-refractivity contribution in [3.8, 4) is 5.75 Å². The van der Waals surface area contributed by atoms with Crippen molar-refractivity contribution in [1.29, 1.82) is 0 Å². The van der Waals surface area contributed by atoms with E-state index >= 15 is 0 Å². The predicted molar refractivity (Wildman–Crippen MR) is 171 cm³/mol. The van der Waals surface area contributed by atoms with Crippen LogP contribution in [0, 0.1) is 5.92 Å². The summed E-state index contributed by atoms with van der Waals surface area (Å²) in [4.78, 5) is 57.0. The number of carbonyl (C=O) groups is 3. The minimum absolute atomic E-state index is 0.188. The summed E-state index contributed by atoms with van der Waals surface area (Å²) in [6, 6.07) is 27.7. The van der Waals surface area contributed by atoms with Gasteiger partial charge in [0.1, 0.15) is 11.0 Å². The zero-order valence-electron chi connectivity index (χ0n) is 22.3. The number of nitrogens with one attached hydrogen (secondary N) is 2. The Morgan fingerprint density at radius 3 is 2.44 bits per heavy atom. The molecule has 7 rings (SSSR count). The number of aromatic nitrogens is 1. The molecule has 0 unspecified atom stereocenters. The molecule has 8 nitrogen and oxygen atoms in total. The molecule has 0 spiro atoms. The molecular weight excluding hydrogens is 650 g/mol. The van der Waals surface area contributed by atoms with Crippen molar-refractivity contribution in [1.82, 2.24) is 4.98 Å². The largest absolute Gasteiger partial charge is 0.484 e. The Balaban J connectivity index is 1.12. The lowest BCUT2D eigenvalue weighted by Gasteiger charge is -2.29. The number of ether oxygens (including phenoxy) is 1.